The Hall–Kier alpha value is -1.42. The summed E-state index contributed by atoms with van der Waals surface area (Å²) in [5, 5.41) is 29.0. The van der Waals surface area contributed by atoms with Crippen LogP contribution in [-0.2, 0) is 0 Å². The zero-order valence-electron chi connectivity index (χ0n) is 31.3. The summed E-state index contributed by atoms with van der Waals surface area (Å²) in [6, 6.07) is 0. The van der Waals surface area contributed by atoms with Gasteiger partial charge < -0.3 is 15.3 Å². The summed E-state index contributed by atoms with van der Waals surface area (Å²) < 4.78 is 0. The molecular formula is C41H74O3. The maximum atomic E-state index is 9.70. The second-order valence-corrected chi connectivity index (χ2v) is 16.4. The predicted molar refractivity (Wildman–Crippen MR) is 195 cm³/mol. The van der Waals surface area contributed by atoms with Gasteiger partial charge in [-0.2, -0.15) is 0 Å². The molecule has 1 atom stereocenters. The van der Waals surface area contributed by atoms with Crippen LogP contribution in [0.1, 0.15) is 167 Å². The molecule has 3 heteroatoms. The van der Waals surface area contributed by atoms with Gasteiger partial charge in [-0.25, -0.2) is 0 Å². The molecule has 3 aliphatic carbocycles. The zero-order chi connectivity index (χ0) is 34.4. The smallest absolute Gasteiger partial charge is 0.0625 e. The third-order valence-electron chi connectivity index (χ3n) is 9.93. The Morgan fingerprint density at radius 3 is 1.75 bits per heavy atom. The first-order chi connectivity index (χ1) is 20.0. The zero-order valence-corrected chi connectivity index (χ0v) is 31.3. The van der Waals surface area contributed by atoms with Gasteiger partial charge in [-0.3, -0.25) is 0 Å². The van der Waals surface area contributed by atoms with Crippen LogP contribution in [0, 0.1) is 17.3 Å². The average molecular weight is 615 g/mol. The van der Waals surface area contributed by atoms with Crippen LogP contribution >= 0.6 is 0 Å². The van der Waals surface area contributed by atoms with Crippen molar-refractivity contribution in [2.45, 2.75) is 183 Å². The first-order valence-electron chi connectivity index (χ1n) is 17.4. The average Bonchev–Trinajstić information content (AvgIpc) is 2.89. The highest BCUT2D eigenvalue weighted by Gasteiger charge is 2.29. The van der Waals surface area contributed by atoms with Gasteiger partial charge in [-0.05, 0) is 170 Å². The van der Waals surface area contributed by atoms with Crippen molar-refractivity contribution < 1.29 is 15.3 Å². The van der Waals surface area contributed by atoms with Crippen molar-refractivity contribution in [3.8, 4) is 0 Å². The van der Waals surface area contributed by atoms with E-state index in [9.17, 15) is 15.3 Å². The van der Waals surface area contributed by atoms with Gasteiger partial charge >= 0.3 is 0 Å². The molecule has 3 N–H and O–H groups in total. The molecule has 2 saturated carbocycles. The fourth-order valence-electron chi connectivity index (χ4n) is 5.76. The summed E-state index contributed by atoms with van der Waals surface area (Å²) in [5.74, 6) is 1.13. The van der Waals surface area contributed by atoms with Crippen molar-refractivity contribution >= 4 is 0 Å². The number of rotatable bonds is 6. The van der Waals surface area contributed by atoms with Crippen molar-refractivity contribution in [3.63, 3.8) is 0 Å². The maximum Gasteiger partial charge on any atom is 0.0625 e. The van der Waals surface area contributed by atoms with Crippen molar-refractivity contribution in [1.82, 2.24) is 0 Å². The molecule has 0 amide bonds. The van der Waals surface area contributed by atoms with Gasteiger partial charge in [0.1, 0.15) is 0 Å². The molecule has 44 heavy (non-hydrogen) atoms. The lowest BCUT2D eigenvalue weighted by Crippen LogP contribution is -2.31. The number of hydrogen-bond acceptors (Lipinski definition) is 3. The van der Waals surface area contributed by atoms with Crippen molar-refractivity contribution in [1.29, 1.82) is 0 Å². The van der Waals surface area contributed by atoms with E-state index in [1.165, 1.54) is 35.1 Å². The van der Waals surface area contributed by atoms with Crippen molar-refractivity contribution in [2.24, 2.45) is 17.3 Å². The Balaban J connectivity index is 0.000000560. The highest BCUT2D eigenvalue weighted by atomic mass is 16.3. The lowest BCUT2D eigenvalue weighted by molar-refractivity contribution is 0.0122. The molecule has 256 valence electrons. The van der Waals surface area contributed by atoms with E-state index in [2.05, 4.69) is 80.7 Å². The standard InChI is InChI=1S/C11H20.3C10H18O/c1-6-11(4,5)9-7-8-10(2)3;1-8-4-6-9(7-5-8)10(2,3)11;2*1-8(2)9-4-6-10(3,11)7-5-9/h6,8H,1,7,9H2,2-5H3;4,9,11H,5-7H2,1-3H3;11H,4-7H2,1-3H3;9,11H,1,4-7H2,2-3H3. The second-order valence-electron chi connectivity index (χ2n) is 16.4. The molecular weight excluding hydrogens is 540 g/mol. The fraction of sp³-hybridized carbons (Fsp3) is 0.756. The van der Waals surface area contributed by atoms with Crippen LogP contribution in [-0.4, -0.2) is 32.1 Å². The van der Waals surface area contributed by atoms with Crippen LogP contribution in [0.25, 0.3) is 0 Å². The highest BCUT2D eigenvalue weighted by molar-refractivity contribution is 5.13. The molecule has 3 rings (SSSR count). The van der Waals surface area contributed by atoms with Crippen molar-refractivity contribution in [3.05, 3.63) is 59.3 Å². The minimum Gasteiger partial charge on any atom is -0.390 e. The molecule has 0 aromatic rings. The van der Waals surface area contributed by atoms with E-state index in [4.69, 9.17) is 0 Å². The normalized spacial score (nSPS) is 27.1. The van der Waals surface area contributed by atoms with Gasteiger partial charge in [0, 0.05) is 0 Å². The Morgan fingerprint density at radius 2 is 1.39 bits per heavy atom. The van der Waals surface area contributed by atoms with E-state index in [0.717, 1.165) is 70.6 Å². The van der Waals surface area contributed by atoms with Crippen LogP contribution < -0.4 is 0 Å². The van der Waals surface area contributed by atoms with E-state index in [-0.39, 0.29) is 5.60 Å². The van der Waals surface area contributed by atoms with Gasteiger partial charge in [0.15, 0.2) is 0 Å². The molecule has 2 fully saturated rings. The van der Waals surface area contributed by atoms with E-state index >= 15 is 0 Å². The maximum absolute atomic E-state index is 9.70. The van der Waals surface area contributed by atoms with E-state index < -0.39 is 11.2 Å². The number of hydrogen-bond donors (Lipinski definition) is 3. The molecule has 0 heterocycles. The predicted octanol–water partition coefficient (Wildman–Crippen LogP) is 11.6. The summed E-state index contributed by atoms with van der Waals surface area (Å²) >= 11 is 0. The van der Waals surface area contributed by atoms with Crippen LogP contribution in [0.5, 0.6) is 0 Å². The first-order valence-corrected chi connectivity index (χ1v) is 17.4. The molecule has 0 radical (unpaired) electrons. The minimum atomic E-state index is -0.489. The molecule has 3 aliphatic rings. The Morgan fingerprint density at radius 1 is 0.886 bits per heavy atom. The van der Waals surface area contributed by atoms with Gasteiger partial charge in [0.2, 0.25) is 0 Å². The van der Waals surface area contributed by atoms with Gasteiger partial charge in [-0.1, -0.05) is 66.5 Å². The quantitative estimate of drug-likeness (QED) is 0.261. The number of allylic oxidation sites excluding steroid dienone is 8. The summed E-state index contributed by atoms with van der Waals surface area (Å²) in [4.78, 5) is 0. The fourth-order valence-corrected chi connectivity index (χ4v) is 5.76. The van der Waals surface area contributed by atoms with Crippen LogP contribution in [0.15, 0.2) is 59.3 Å². The van der Waals surface area contributed by atoms with Crippen LogP contribution in [0.4, 0.5) is 0 Å². The Labute approximate surface area is 274 Å². The summed E-state index contributed by atoms with van der Waals surface area (Å²) in [6.07, 6.45) is 20.5. The topological polar surface area (TPSA) is 60.7 Å². The van der Waals surface area contributed by atoms with E-state index in [1.807, 2.05) is 33.8 Å². The monoisotopic (exact) mass is 615 g/mol. The van der Waals surface area contributed by atoms with E-state index in [0.29, 0.717) is 17.3 Å². The molecule has 0 aromatic heterocycles. The third kappa shape index (κ3) is 19.9. The third-order valence-corrected chi connectivity index (χ3v) is 9.93. The van der Waals surface area contributed by atoms with Gasteiger partial charge in [0.25, 0.3) is 0 Å². The molecule has 3 nitrogen and oxygen atoms in total. The van der Waals surface area contributed by atoms with Crippen molar-refractivity contribution in [2.75, 3.05) is 0 Å². The molecule has 0 bridgehead atoms. The highest BCUT2D eigenvalue weighted by Crippen LogP contribution is 2.35. The van der Waals surface area contributed by atoms with Gasteiger partial charge in [0.05, 0.1) is 16.8 Å². The second kappa shape index (κ2) is 19.3. The lowest BCUT2D eigenvalue weighted by Gasteiger charge is -2.33. The Kier molecular flexibility index (Phi) is 18.7. The molecule has 0 aliphatic heterocycles. The Bertz CT molecular complexity index is 934. The molecule has 1 unspecified atom stereocenters. The molecule has 0 spiro atoms. The first kappa shape index (κ1) is 42.6. The van der Waals surface area contributed by atoms with Crippen LogP contribution in [0.3, 0.4) is 0 Å². The molecule has 0 saturated heterocycles. The molecule has 0 aromatic carbocycles. The minimum absolute atomic E-state index is 0.298. The summed E-state index contributed by atoms with van der Waals surface area (Å²) in [7, 11) is 0. The van der Waals surface area contributed by atoms with E-state index in [1.54, 1.807) is 5.57 Å². The number of aliphatic hydroxyl groups is 3. The van der Waals surface area contributed by atoms with Crippen LogP contribution in [0.2, 0.25) is 0 Å². The summed E-state index contributed by atoms with van der Waals surface area (Å²) in [5.41, 5.74) is 6.18. The van der Waals surface area contributed by atoms with Gasteiger partial charge in [-0.15, -0.1) is 6.58 Å². The SMILES string of the molecule is C=C(C)C1CCC(C)(O)CC1.C=CC(C)(C)CCC=C(C)C.CC(C)=C1CCC(C)(O)CC1.CC1=CCC(C(C)(C)O)CC1. The lowest BCUT2D eigenvalue weighted by atomic mass is 9.77. The summed E-state index contributed by atoms with van der Waals surface area (Å²) in [6.45, 7) is 32.7. The largest absolute Gasteiger partial charge is 0.390 e.